The zero-order chi connectivity index (χ0) is 18.4. The smallest absolute Gasteiger partial charge is 0.296 e. The third-order valence-corrected chi connectivity index (χ3v) is 3.29. The van der Waals surface area contributed by atoms with E-state index in [2.05, 4.69) is 5.32 Å². The number of hydrogen-bond donors (Lipinski definition) is 2. The van der Waals surface area contributed by atoms with Crippen LogP contribution in [0.3, 0.4) is 0 Å². The van der Waals surface area contributed by atoms with Crippen LogP contribution in [0.5, 0.6) is 11.5 Å². The van der Waals surface area contributed by atoms with Gasteiger partial charge in [-0.1, -0.05) is 0 Å². The highest BCUT2D eigenvalue weighted by atomic mass is 19.1. The van der Waals surface area contributed by atoms with Crippen molar-refractivity contribution in [1.82, 2.24) is 0 Å². The Morgan fingerprint density at radius 1 is 1.08 bits per heavy atom. The zero-order valence-corrected chi connectivity index (χ0v) is 13.6. The summed E-state index contributed by atoms with van der Waals surface area (Å²) in [6.45, 7) is 0. The molecule has 0 saturated heterocycles. The molecule has 0 aliphatic heterocycles. The number of aliphatic hydroxyl groups excluding tert-OH is 1. The molecule has 0 aromatic heterocycles. The second-order valence-electron chi connectivity index (χ2n) is 4.92. The van der Waals surface area contributed by atoms with Crippen LogP contribution in [0.2, 0.25) is 0 Å². The lowest BCUT2D eigenvalue weighted by Gasteiger charge is -2.10. The summed E-state index contributed by atoms with van der Waals surface area (Å²) in [6, 6.07) is 9.54. The molecule has 0 aliphatic rings. The van der Waals surface area contributed by atoms with E-state index in [0.29, 0.717) is 11.5 Å². The first kappa shape index (κ1) is 18.0. The van der Waals surface area contributed by atoms with Gasteiger partial charge in [-0.25, -0.2) is 4.39 Å². The van der Waals surface area contributed by atoms with E-state index in [1.807, 2.05) is 0 Å². The number of benzene rings is 2. The van der Waals surface area contributed by atoms with E-state index in [0.717, 1.165) is 18.2 Å². The van der Waals surface area contributed by atoms with Gasteiger partial charge in [0.25, 0.3) is 5.91 Å². The normalized spacial score (nSPS) is 10.9. The Morgan fingerprint density at radius 3 is 2.36 bits per heavy atom. The van der Waals surface area contributed by atoms with E-state index in [9.17, 15) is 19.1 Å². The van der Waals surface area contributed by atoms with E-state index in [1.54, 1.807) is 12.1 Å². The van der Waals surface area contributed by atoms with Crippen LogP contribution in [0.4, 0.5) is 10.1 Å². The Morgan fingerprint density at radius 2 is 1.76 bits per heavy atom. The third-order valence-electron chi connectivity index (χ3n) is 3.29. The van der Waals surface area contributed by atoms with Crippen molar-refractivity contribution in [2.24, 2.45) is 0 Å². The Bertz CT molecular complexity index is 815. The molecule has 2 aromatic rings. The van der Waals surface area contributed by atoms with Gasteiger partial charge in [-0.2, -0.15) is 0 Å². The van der Waals surface area contributed by atoms with Gasteiger partial charge in [0.2, 0.25) is 5.78 Å². The van der Waals surface area contributed by atoms with E-state index < -0.39 is 23.3 Å². The second kappa shape index (κ2) is 7.96. The summed E-state index contributed by atoms with van der Waals surface area (Å²) in [5, 5.41) is 12.3. The van der Waals surface area contributed by atoms with Crippen LogP contribution < -0.4 is 14.8 Å². The SMILES string of the molecule is COc1ccc(OC)c(NC(=O)C(=O)C=C(O)c2ccc(F)cc2)c1. The largest absolute Gasteiger partial charge is 0.507 e. The molecule has 1 amide bonds. The van der Waals surface area contributed by atoms with Crippen molar-refractivity contribution < 1.29 is 28.6 Å². The van der Waals surface area contributed by atoms with E-state index in [1.165, 1.54) is 32.4 Å². The maximum Gasteiger partial charge on any atom is 0.296 e. The molecule has 0 atom stereocenters. The molecule has 2 N–H and O–H groups in total. The minimum Gasteiger partial charge on any atom is -0.507 e. The quantitative estimate of drug-likeness (QED) is 0.478. The minimum absolute atomic E-state index is 0.210. The summed E-state index contributed by atoms with van der Waals surface area (Å²) < 4.78 is 23.0. The first-order chi connectivity index (χ1) is 11.9. The summed E-state index contributed by atoms with van der Waals surface area (Å²) in [5.74, 6) is -2.07. The number of methoxy groups -OCH3 is 2. The number of aliphatic hydroxyl groups is 1. The van der Waals surface area contributed by atoms with Crippen LogP contribution in [-0.2, 0) is 9.59 Å². The van der Waals surface area contributed by atoms with Crippen molar-refractivity contribution in [2.75, 3.05) is 19.5 Å². The first-order valence-electron chi connectivity index (χ1n) is 7.18. The van der Waals surface area contributed by atoms with E-state index in [4.69, 9.17) is 9.47 Å². The molecule has 0 radical (unpaired) electrons. The van der Waals surface area contributed by atoms with Crippen LogP contribution in [0.1, 0.15) is 5.56 Å². The number of nitrogens with one attached hydrogen (secondary N) is 1. The number of ketones is 1. The summed E-state index contributed by atoms with van der Waals surface area (Å²) in [6.07, 6.45) is 0.759. The number of halogens is 1. The Hall–Kier alpha value is -3.35. The van der Waals surface area contributed by atoms with Crippen molar-refractivity contribution in [1.29, 1.82) is 0 Å². The highest BCUT2D eigenvalue weighted by Crippen LogP contribution is 2.28. The average Bonchev–Trinajstić information content (AvgIpc) is 2.61. The van der Waals surface area contributed by atoms with Crippen molar-refractivity contribution in [3.05, 3.63) is 59.9 Å². The number of carbonyl (C=O) groups is 2. The Kier molecular flexibility index (Phi) is 5.73. The average molecular weight is 345 g/mol. The lowest BCUT2D eigenvalue weighted by molar-refractivity contribution is -0.132. The molecule has 2 rings (SSSR count). The van der Waals surface area contributed by atoms with Gasteiger partial charge in [0.1, 0.15) is 23.1 Å². The lowest BCUT2D eigenvalue weighted by Crippen LogP contribution is -2.21. The maximum absolute atomic E-state index is 12.9. The monoisotopic (exact) mass is 345 g/mol. The molecule has 0 unspecified atom stereocenters. The summed E-state index contributed by atoms with van der Waals surface area (Å²) in [4.78, 5) is 24.0. The standard InChI is InChI=1S/C18H16FNO5/c1-24-13-7-8-17(25-2)14(9-13)20-18(23)16(22)10-15(21)11-3-5-12(19)6-4-11/h3-10,21H,1-2H3,(H,20,23). The predicted octanol–water partition coefficient (Wildman–Crippen LogP) is 2.95. The summed E-state index contributed by atoms with van der Waals surface area (Å²) in [7, 11) is 2.88. The van der Waals surface area contributed by atoms with Crippen molar-refractivity contribution in [3.63, 3.8) is 0 Å². The number of carbonyl (C=O) groups excluding carboxylic acids is 2. The Balaban J connectivity index is 2.16. The molecule has 0 saturated carbocycles. The number of ether oxygens (including phenoxy) is 2. The number of anilines is 1. The van der Waals surface area contributed by atoms with Crippen LogP contribution in [0.25, 0.3) is 5.76 Å². The molecule has 0 heterocycles. The van der Waals surface area contributed by atoms with Gasteiger partial charge in [-0.15, -0.1) is 0 Å². The molecule has 130 valence electrons. The molecule has 6 nitrogen and oxygen atoms in total. The first-order valence-corrected chi connectivity index (χ1v) is 7.18. The molecular weight excluding hydrogens is 329 g/mol. The van der Waals surface area contributed by atoms with Crippen LogP contribution in [0.15, 0.2) is 48.5 Å². The Labute approximate surface area is 143 Å². The molecule has 7 heteroatoms. The molecule has 0 fully saturated rings. The molecular formula is C18H16FNO5. The van der Waals surface area contributed by atoms with Gasteiger partial charge in [0, 0.05) is 17.7 Å². The molecule has 2 aromatic carbocycles. The fourth-order valence-corrected chi connectivity index (χ4v) is 1.99. The minimum atomic E-state index is -0.980. The van der Waals surface area contributed by atoms with E-state index >= 15 is 0 Å². The number of hydrogen-bond acceptors (Lipinski definition) is 5. The third kappa shape index (κ3) is 4.57. The van der Waals surface area contributed by atoms with Gasteiger partial charge in [-0.05, 0) is 36.4 Å². The zero-order valence-electron chi connectivity index (χ0n) is 13.6. The van der Waals surface area contributed by atoms with Crippen LogP contribution in [-0.4, -0.2) is 31.0 Å². The van der Waals surface area contributed by atoms with Gasteiger partial charge in [-0.3, -0.25) is 9.59 Å². The second-order valence-corrected chi connectivity index (χ2v) is 4.92. The fraction of sp³-hybridized carbons (Fsp3) is 0.111. The molecule has 0 bridgehead atoms. The van der Waals surface area contributed by atoms with Crippen molar-refractivity contribution in [2.45, 2.75) is 0 Å². The summed E-state index contributed by atoms with van der Waals surface area (Å²) in [5.41, 5.74) is 0.455. The van der Waals surface area contributed by atoms with Gasteiger partial charge >= 0.3 is 0 Å². The van der Waals surface area contributed by atoms with Crippen molar-refractivity contribution in [3.8, 4) is 11.5 Å². The number of rotatable bonds is 6. The van der Waals surface area contributed by atoms with Crippen LogP contribution in [0, 0.1) is 5.82 Å². The topological polar surface area (TPSA) is 84.9 Å². The number of amides is 1. The van der Waals surface area contributed by atoms with E-state index in [-0.39, 0.29) is 11.3 Å². The molecule has 25 heavy (non-hydrogen) atoms. The highest BCUT2D eigenvalue weighted by Gasteiger charge is 2.16. The summed E-state index contributed by atoms with van der Waals surface area (Å²) >= 11 is 0. The predicted molar refractivity (Wildman–Crippen MR) is 90.2 cm³/mol. The fourth-order valence-electron chi connectivity index (χ4n) is 1.99. The highest BCUT2D eigenvalue weighted by molar-refractivity contribution is 6.45. The maximum atomic E-state index is 12.9. The van der Waals surface area contributed by atoms with Gasteiger partial charge in [0.15, 0.2) is 0 Å². The lowest BCUT2D eigenvalue weighted by atomic mass is 10.1. The van der Waals surface area contributed by atoms with Gasteiger partial charge < -0.3 is 19.9 Å². The van der Waals surface area contributed by atoms with Crippen LogP contribution >= 0.6 is 0 Å². The molecule has 0 spiro atoms. The van der Waals surface area contributed by atoms with Crippen molar-refractivity contribution >= 4 is 23.1 Å². The van der Waals surface area contributed by atoms with Gasteiger partial charge in [0.05, 0.1) is 19.9 Å². The molecule has 0 aliphatic carbocycles.